The lowest BCUT2D eigenvalue weighted by molar-refractivity contribution is -0.114. The number of anilines is 1. The van der Waals surface area contributed by atoms with E-state index in [1.165, 1.54) is 13.0 Å². The highest BCUT2D eigenvalue weighted by molar-refractivity contribution is 6.16. The summed E-state index contributed by atoms with van der Waals surface area (Å²) in [4.78, 5) is 32.3. The third-order valence-electron chi connectivity index (χ3n) is 4.39. The number of aromatic nitrogens is 2. The highest BCUT2D eigenvalue weighted by Crippen LogP contribution is 2.30. The van der Waals surface area contributed by atoms with Crippen LogP contribution in [0.1, 0.15) is 29.4 Å². The summed E-state index contributed by atoms with van der Waals surface area (Å²) >= 11 is 0. The fourth-order valence-electron chi connectivity index (χ4n) is 3.23. The zero-order valence-corrected chi connectivity index (χ0v) is 15.0. The summed E-state index contributed by atoms with van der Waals surface area (Å²) in [6.45, 7) is 1.65. The van der Waals surface area contributed by atoms with E-state index in [1.54, 1.807) is 29.0 Å². The fraction of sp³-hybridized carbons (Fsp3) is 0.0952. The number of nitrogens with one attached hydrogen (secondary N) is 1. The van der Waals surface area contributed by atoms with E-state index in [0.29, 0.717) is 28.5 Å². The number of amides is 1. The highest BCUT2D eigenvalue weighted by Gasteiger charge is 2.22. The molecule has 1 N–H and O–H groups in total. The van der Waals surface area contributed by atoms with Gasteiger partial charge in [0.2, 0.25) is 5.91 Å². The molecule has 1 aromatic heterocycles. The van der Waals surface area contributed by atoms with Gasteiger partial charge in [0.15, 0.2) is 0 Å². The summed E-state index contributed by atoms with van der Waals surface area (Å²) in [5.41, 5.74) is 3.82. The molecule has 0 bridgehead atoms. The van der Waals surface area contributed by atoms with Gasteiger partial charge in [-0.3, -0.25) is 14.6 Å². The van der Waals surface area contributed by atoms with Crippen molar-refractivity contribution in [3.05, 3.63) is 87.6 Å². The molecule has 7 heteroatoms. The fourth-order valence-corrected chi connectivity index (χ4v) is 3.23. The first kappa shape index (κ1) is 17.4. The van der Waals surface area contributed by atoms with E-state index in [0.717, 1.165) is 11.1 Å². The van der Waals surface area contributed by atoms with Crippen LogP contribution < -0.4 is 10.9 Å². The second kappa shape index (κ2) is 6.93. The Morgan fingerprint density at radius 1 is 1.18 bits per heavy atom. The van der Waals surface area contributed by atoms with Crippen LogP contribution in [-0.4, -0.2) is 21.2 Å². The largest absolute Gasteiger partial charge is 0.324 e. The monoisotopic (exact) mass is 369 g/mol. The number of rotatable bonds is 2. The molecule has 1 aliphatic heterocycles. The first-order valence-corrected chi connectivity index (χ1v) is 8.62. The highest BCUT2D eigenvalue weighted by atomic mass is 16.1. The van der Waals surface area contributed by atoms with Crippen molar-refractivity contribution in [2.45, 2.75) is 13.5 Å². The smallest absolute Gasteiger partial charge is 0.272 e. The number of para-hydroxylation sites is 1. The van der Waals surface area contributed by atoms with Gasteiger partial charge >= 0.3 is 0 Å². The van der Waals surface area contributed by atoms with Gasteiger partial charge in [-0.1, -0.05) is 24.3 Å². The Morgan fingerprint density at radius 2 is 1.96 bits per heavy atom. The van der Waals surface area contributed by atoms with Crippen LogP contribution in [0.15, 0.2) is 64.5 Å². The van der Waals surface area contributed by atoms with Crippen LogP contribution in [0.4, 0.5) is 5.69 Å². The quantitative estimate of drug-likeness (QED) is 0.750. The Labute approximate surface area is 160 Å². The third kappa shape index (κ3) is 3.08. The molecule has 0 radical (unpaired) electrons. The molecule has 0 unspecified atom stereocenters. The van der Waals surface area contributed by atoms with E-state index in [9.17, 15) is 9.59 Å². The molecular formula is C21H15N5O2. The van der Waals surface area contributed by atoms with E-state index in [-0.39, 0.29) is 18.0 Å². The van der Waals surface area contributed by atoms with E-state index in [2.05, 4.69) is 16.4 Å². The van der Waals surface area contributed by atoms with Gasteiger partial charge < -0.3 is 9.88 Å². The lowest BCUT2D eigenvalue weighted by Gasteiger charge is -2.18. The average molecular weight is 369 g/mol. The topological polar surface area (TPSA) is 100 Å². The van der Waals surface area contributed by atoms with Gasteiger partial charge in [0.1, 0.15) is 5.82 Å². The Balaban J connectivity index is 1.99. The van der Waals surface area contributed by atoms with Gasteiger partial charge in [0.25, 0.3) is 5.56 Å². The second-order valence-corrected chi connectivity index (χ2v) is 6.29. The van der Waals surface area contributed by atoms with Crippen LogP contribution in [0.25, 0.3) is 5.69 Å². The number of aliphatic imine (C=N–C) groups is 1. The first-order chi connectivity index (χ1) is 13.6. The van der Waals surface area contributed by atoms with Gasteiger partial charge in [0.05, 0.1) is 35.3 Å². The van der Waals surface area contributed by atoms with E-state index >= 15 is 0 Å². The first-order valence-electron chi connectivity index (χ1n) is 8.62. The molecule has 2 heterocycles. The maximum absolute atomic E-state index is 11.8. The van der Waals surface area contributed by atoms with Crippen molar-refractivity contribution in [2.24, 2.45) is 4.99 Å². The van der Waals surface area contributed by atoms with Crippen molar-refractivity contribution in [2.75, 3.05) is 5.32 Å². The molecule has 4 rings (SSSR count). The van der Waals surface area contributed by atoms with Crippen LogP contribution in [0.3, 0.4) is 0 Å². The number of carbonyl (C=O) groups is 1. The molecule has 0 aliphatic carbocycles. The molecule has 0 fully saturated rings. The van der Waals surface area contributed by atoms with Crippen LogP contribution in [0.5, 0.6) is 0 Å². The molecule has 0 saturated carbocycles. The third-order valence-corrected chi connectivity index (χ3v) is 4.39. The lowest BCUT2D eigenvalue weighted by Crippen LogP contribution is -2.17. The Kier molecular flexibility index (Phi) is 4.30. The van der Waals surface area contributed by atoms with Crippen molar-refractivity contribution >= 4 is 17.3 Å². The number of carbonyl (C=O) groups excluding carboxylic acids is 1. The molecule has 1 amide bonds. The summed E-state index contributed by atoms with van der Waals surface area (Å²) in [7, 11) is 0. The minimum atomic E-state index is -0.346. The molecule has 136 valence electrons. The van der Waals surface area contributed by atoms with Crippen molar-refractivity contribution in [1.29, 1.82) is 5.26 Å². The zero-order valence-electron chi connectivity index (χ0n) is 15.0. The van der Waals surface area contributed by atoms with Crippen LogP contribution >= 0.6 is 0 Å². The summed E-state index contributed by atoms with van der Waals surface area (Å²) in [5.74, 6) is 0.278. The summed E-state index contributed by atoms with van der Waals surface area (Å²) in [6, 6.07) is 16.2. The standard InChI is InChI=1S/C21H15N5O2/c1-13(27)24-17-4-2-3-16-20(15-7-5-14(11-22)6-8-15)23-12-18-25-19(28)9-10-26(18)21(16)17/h2-10H,12H2,1H3,(H,24,27). The zero-order chi connectivity index (χ0) is 19.7. The average Bonchev–Trinajstić information content (AvgIpc) is 2.85. The van der Waals surface area contributed by atoms with Crippen molar-refractivity contribution in [1.82, 2.24) is 9.55 Å². The Hall–Kier alpha value is -4.05. The maximum atomic E-state index is 11.8. The molecule has 0 atom stereocenters. The summed E-state index contributed by atoms with van der Waals surface area (Å²) < 4.78 is 1.78. The van der Waals surface area contributed by atoms with Crippen LogP contribution in [-0.2, 0) is 11.3 Å². The van der Waals surface area contributed by atoms with E-state index < -0.39 is 0 Å². The maximum Gasteiger partial charge on any atom is 0.272 e. The normalized spacial score (nSPS) is 12.1. The Bertz CT molecular complexity index is 1220. The molecule has 7 nitrogen and oxygen atoms in total. The van der Waals surface area contributed by atoms with Crippen molar-refractivity contribution in [3.63, 3.8) is 0 Å². The number of benzene rings is 2. The molecule has 1 aliphatic rings. The number of hydrogen-bond donors (Lipinski definition) is 1. The molecule has 0 spiro atoms. The second-order valence-electron chi connectivity index (χ2n) is 6.29. The van der Waals surface area contributed by atoms with Gasteiger partial charge in [-0.15, -0.1) is 0 Å². The number of nitriles is 1. The van der Waals surface area contributed by atoms with Gasteiger partial charge in [-0.2, -0.15) is 10.2 Å². The predicted molar refractivity (Wildman–Crippen MR) is 105 cm³/mol. The number of hydrogen-bond acceptors (Lipinski definition) is 5. The molecule has 2 aromatic carbocycles. The van der Waals surface area contributed by atoms with Crippen LogP contribution in [0.2, 0.25) is 0 Å². The van der Waals surface area contributed by atoms with Gasteiger partial charge in [-0.05, 0) is 18.2 Å². The summed E-state index contributed by atoms with van der Waals surface area (Å²) in [5, 5.41) is 11.9. The molecule has 3 aromatic rings. The van der Waals surface area contributed by atoms with E-state index in [4.69, 9.17) is 10.3 Å². The van der Waals surface area contributed by atoms with Gasteiger partial charge in [0, 0.05) is 30.3 Å². The van der Waals surface area contributed by atoms with Gasteiger partial charge in [-0.25, -0.2) is 0 Å². The lowest BCUT2D eigenvalue weighted by atomic mass is 9.98. The molecule has 0 saturated heterocycles. The predicted octanol–water partition coefficient (Wildman–Crippen LogP) is 2.41. The van der Waals surface area contributed by atoms with Crippen molar-refractivity contribution in [3.8, 4) is 11.8 Å². The summed E-state index contributed by atoms with van der Waals surface area (Å²) in [6.07, 6.45) is 1.64. The van der Waals surface area contributed by atoms with Crippen LogP contribution in [0, 0.1) is 11.3 Å². The minimum Gasteiger partial charge on any atom is -0.324 e. The SMILES string of the molecule is CC(=O)Nc1cccc2c1-n1ccc(=O)nc1CN=C2c1ccc(C#N)cc1. The minimum absolute atomic E-state index is 0.204. The number of fused-ring (bicyclic) bond motifs is 3. The molecule has 28 heavy (non-hydrogen) atoms. The van der Waals surface area contributed by atoms with E-state index in [1.807, 2.05) is 24.3 Å². The Morgan fingerprint density at radius 3 is 2.68 bits per heavy atom. The molecular weight excluding hydrogens is 354 g/mol. The number of nitrogens with zero attached hydrogens (tertiary/aromatic N) is 4. The van der Waals surface area contributed by atoms with Crippen molar-refractivity contribution < 1.29 is 4.79 Å².